The third-order valence-electron chi connectivity index (χ3n) is 6.76. The smallest absolute Gasteiger partial charge is 0.306 e. The van der Waals surface area contributed by atoms with Crippen molar-refractivity contribution >= 4 is 11.8 Å². The van der Waals surface area contributed by atoms with E-state index >= 15 is 4.39 Å². The Balaban J connectivity index is 1.49. The van der Waals surface area contributed by atoms with Crippen LogP contribution in [0.5, 0.6) is 0 Å². The molecule has 34 heavy (non-hydrogen) atoms. The van der Waals surface area contributed by atoms with Crippen LogP contribution in [0.15, 0.2) is 30.6 Å². The van der Waals surface area contributed by atoms with Crippen LogP contribution in [0.1, 0.15) is 55.8 Å². The van der Waals surface area contributed by atoms with Crippen LogP contribution in [0.25, 0.3) is 0 Å². The maximum absolute atomic E-state index is 15.5. The van der Waals surface area contributed by atoms with Crippen molar-refractivity contribution < 1.29 is 27.8 Å². The molecule has 1 aliphatic heterocycles. The highest BCUT2D eigenvalue weighted by atomic mass is 19.3. The lowest BCUT2D eigenvalue weighted by atomic mass is 9.83. The summed E-state index contributed by atoms with van der Waals surface area (Å²) in [5, 5.41) is 9.71. The van der Waals surface area contributed by atoms with Gasteiger partial charge in [-0.1, -0.05) is 24.3 Å². The molecule has 4 rings (SSSR count). The molecule has 6 nitrogen and oxygen atoms in total. The van der Waals surface area contributed by atoms with E-state index in [1.807, 2.05) is 4.90 Å². The zero-order chi connectivity index (χ0) is 24.3. The van der Waals surface area contributed by atoms with Gasteiger partial charge in [0.05, 0.1) is 11.6 Å². The Morgan fingerprint density at radius 2 is 1.85 bits per heavy atom. The number of hydrogen-bond donors (Lipinski definition) is 1. The molecule has 0 bridgehead atoms. The minimum atomic E-state index is -2.92. The third-order valence-corrected chi connectivity index (χ3v) is 6.76. The van der Waals surface area contributed by atoms with E-state index in [1.165, 1.54) is 18.5 Å². The zero-order valence-corrected chi connectivity index (χ0v) is 19.2. The minimum absolute atomic E-state index is 0.0112. The van der Waals surface area contributed by atoms with Crippen molar-refractivity contribution in [2.45, 2.75) is 64.0 Å². The molecule has 1 saturated heterocycles. The number of carboxylic acid groups (broad SMARTS) is 1. The molecule has 0 amide bonds. The zero-order valence-electron chi connectivity index (χ0n) is 19.2. The summed E-state index contributed by atoms with van der Waals surface area (Å²) in [5.74, 6) is -4.71. The first-order valence-corrected chi connectivity index (χ1v) is 11.8. The van der Waals surface area contributed by atoms with E-state index in [4.69, 9.17) is 4.74 Å². The van der Waals surface area contributed by atoms with Gasteiger partial charge in [0, 0.05) is 38.3 Å². The van der Waals surface area contributed by atoms with Crippen molar-refractivity contribution in [1.82, 2.24) is 9.97 Å². The van der Waals surface area contributed by atoms with Gasteiger partial charge in [0.15, 0.2) is 11.6 Å². The summed E-state index contributed by atoms with van der Waals surface area (Å²) < 4.78 is 47.9. The van der Waals surface area contributed by atoms with E-state index in [0.29, 0.717) is 39.0 Å². The van der Waals surface area contributed by atoms with Gasteiger partial charge >= 0.3 is 5.97 Å². The number of halogens is 3. The van der Waals surface area contributed by atoms with Crippen LogP contribution in [-0.4, -0.2) is 40.3 Å². The second-order valence-corrected chi connectivity index (χ2v) is 9.34. The van der Waals surface area contributed by atoms with E-state index in [-0.39, 0.29) is 35.5 Å². The van der Waals surface area contributed by atoms with E-state index < -0.39 is 23.6 Å². The predicted octanol–water partition coefficient (Wildman–Crippen LogP) is 4.96. The lowest BCUT2D eigenvalue weighted by Gasteiger charge is -2.28. The van der Waals surface area contributed by atoms with Crippen molar-refractivity contribution in [3.8, 4) is 0 Å². The molecule has 1 aromatic heterocycles. The molecule has 1 unspecified atom stereocenters. The summed E-state index contributed by atoms with van der Waals surface area (Å²) in [6.07, 6.45) is 4.98. The summed E-state index contributed by atoms with van der Waals surface area (Å²) in [6.45, 7) is 2.29. The Kier molecular flexibility index (Phi) is 7.40. The van der Waals surface area contributed by atoms with E-state index in [9.17, 15) is 18.7 Å². The van der Waals surface area contributed by atoms with Gasteiger partial charge in [-0.05, 0) is 50.0 Å². The highest BCUT2D eigenvalue weighted by Crippen LogP contribution is 2.35. The summed E-state index contributed by atoms with van der Waals surface area (Å²) in [5.41, 5.74) is 0.919. The van der Waals surface area contributed by atoms with Gasteiger partial charge in [-0.25, -0.2) is 23.1 Å². The number of rotatable bonds is 10. The number of aromatic nitrogens is 2. The Labute approximate surface area is 197 Å². The molecule has 2 aromatic rings. The van der Waals surface area contributed by atoms with E-state index in [2.05, 4.69) is 9.97 Å². The van der Waals surface area contributed by atoms with Crippen LogP contribution in [0.3, 0.4) is 0 Å². The SMILES string of the molecule is CC(F)(F)c1ccc(CN(c2ncnc(CCC(C(=O)O)C3CCOCC3)c2F)C2CC2)cc1. The summed E-state index contributed by atoms with van der Waals surface area (Å²) in [7, 11) is 0. The quantitative estimate of drug-likeness (QED) is 0.522. The molecule has 184 valence electrons. The number of nitrogens with zero attached hydrogens (tertiary/aromatic N) is 3. The maximum atomic E-state index is 15.5. The van der Waals surface area contributed by atoms with E-state index in [0.717, 1.165) is 25.3 Å². The molecule has 1 aromatic carbocycles. The largest absolute Gasteiger partial charge is 0.481 e. The Morgan fingerprint density at radius 3 is 2.44 bits per heavy atom. The first-order valence-electron chi connectivity index (χ1n) is 11.8. The van der Waals surface area contributed by atoms with Gasteiger partial charge in [0.25, 0.3) is 5.92 Å². The Morgan fingerprint density at radius 1 is 1.18 bits per heavy atom. The number of anilines is 1. The van der Waals surface area contributed by atoms with Gasteiger partial charge in [-0.3, -0.25) is 4.79 Å². The third kappa shape index (κ3) is 5.87. The number of benzene rings is 1. The molecule has 2 fully saturated rings. The standard InChI is InChI=1S/C25H30F3N3O3/c1-25(27,28)18-4-2-16(3-5-18)14-31(19-6-7-19)23-22(26)21(29-15-30-23)9-8-20(24(32)33)17-10-12-34-13-11-17/h2-5,15,17,19-20H,6-14H2,1H3,(H,32,33). The van der Waals surface area contributed by atoms with Gasteiger partial charge in [-0.15, -0.1) is 0 Å². The number of alkyl halides is 2. The first-order chi connectivity index (χ1) is 16.2. The summed E-state index contributed by atoms with van der Waals surface area (Å²) in [6, 6.07) is 6.18. The molecule has 0 radical (unpaired) electrons. The Bertz CT molecular complexity index is 987. The summed E-state index contributed by atoms with van der Waals surface area (Å²) in [4.78, 5) is 22.0. The molecule has 1 atom stereocenters. The highest BCUT2D eigenvalue weighted by Gasteiger charge is 2.34. The normalized spacial score (nSPS) is 18.0. The average molecular weight is 478 g/mol. The predicted molar refractivity (Wildman–Crippen MR) is 120 cm³/mol. The van der Waals surface area contributed by atoms with Crippen molar-refractivity contribution in [3.05, 3.63) is 53.2 Å². The van der Waals surface area contributed by atoms with Crippen LogP contribution in [0, 0.1) is 17.7 Å². The first kappa shape index (κ1) is 24.4. The molecule has 1 saturated carbocycles. The van der Waals surface area contributed by atoms with Crippen LogP contribution in [-0.2, 0) is 28.4 Å². The topological polar surface area (TPSA) is 75.6 Å². The molecule has 2 aliphatic rings. The second-order valence-electron chi connectivity index (χ2n) is 9.34. The fourth-order valence-electron chi connectivity index (χ4n) is 4.60. The van der Waals surface area contributed by atoms with Gasteiger partial charge in [0.1, 0.15) is 6.33 Å². The lowest BCUT2D eigenvalue weighted by molar-refractivity contribution is -0.145. The van der Waals surface area contributed by atoms with Crippen LogP contribution in [0.2, 0.25) is 0 Å². The average Bonchev–Trinajstić information content (AvgIpc) is 3.64. The fourth-order valence-corrected chi connectivity index (χ4v) is 4.60. The number of aliphatic carboxylic acids is 1. The molecule has 1 N–H and O–H groups in total. The van der Waals surface area contributed by atoms with Crippen molar-refractivity contribution in [2.24, 2.45) is 11.8 Å². The highest BCUT2D eigenvalue weighted by molar-refractivity contribution is 5.70. The molecule has 9 heteroatoms. The summed E-state index contributed by atoms with van der Waals surface area (Å²) >= 11 is 0. The van der Waals surface area contributed by atoms with Crippen LogP contribution in [0.4, 0.5) is 19.0 Å². The number of carboxylic acids is 1. The maximum Gasteiger partial charge on any atom is 0.306 e. The van der Waals surface area contributed by atoms with Crippen molar-refractivity contribution in [1.29, 1.82) is 0 Å². The number of ether oxygens (including phenoxy) is 1. The van der Waals surface area contributed by atoms with Gasteiger partial charge in [0.2, 0.25) is 0 Å². The molecular formula is C25H30F3N3O3. The molecule has 0 spiro atoms. The van der Waals surface area contributed by atoms with E-state index in [1.54, 1.807) is 12.1 Å². The molecule has 1 aliphatic carbocycles. The van der Waals surface area contributed by atoms with Crippen molar-refractivity contribution in [3.63, 3.8) is 0 Å². The monoisotopic (exact) mass is 477 g/mol. The van der Waals surface area contributed by atoms with Gasteiger partial charge < -0.3 is 14.7 Å². The molecular weight excluding hydrogens is 447 g/mol. The fraction of sp³-hybridized carbons (Fsp3) is 0.560. The van der Waals surface area contributed by atoms with Crippen molar-refractivity contribution in [2.75, 3.05) is 18.1 Å². The number of aryl methyl sites for hydroxylation is 1. The Hall–Kier alpha value is -2.68. The van der Waals surface area contributed by atoms with Crippen LogP contribution >= 0.6 is 0 Å². The minimum Gasteiger partial charge on any atom is -0.481 e. The van der Waals surface area contributed by atoms with Gasteiger partial charge in [-0.2, -0.15) is 0 Å². The second kappa shape index (κ2) is 10.3. The number of carbonyl (C=O) groups is 1. The molecule has 2 heterocycles. The lowest BCUT2D eigenvalue weighted by Crippen LogP contribution is -2.30. The number of hydrogen-bond acceptors (Lipinski definition) is 5. The van der Waals surface area contributed by atoms with Crippen LogP contribution < -0.4 is 4.90 Å².